The van der Waals surface area contributed by atoms with Gasteiger partial charge in [0.25, 0.3) is 0 Å². The molecule has 2 rings (SSSR count). The first-order valence-electron chi connectivity index (χ1n) is 5.24. The summed E-state index contributed by atoms with van der Waals surface area (Å²) in [5.74, 6) is 2.50. The first-order chi connectivity index (χ1) is 6.85. The van der Waals surface area contributed by atoms with Crippen LogP contribution in [0.3, 0.4) is 0 Å². The Morgan fingerprint density at radius 1 is 1.50 bits per heavy atom. The zero-order valence-electron chi connectivity index (χ0n) is 8.42. The van der Waals surface area contributed by atoms with Crippen LogP contribution in [-0.2, 0) is 9.47 Å². The fraction of sp³-hybridized carbons (Fsp3) is 0.818. The van der Waals surface area contributed by atoms with Crippen molar-refractivity contribution in [1.29, 1.82) is 0 Å². The van der Waals surface area contributed by atoms with E-state index < -0.39 is 0 Å². The van der Waals surface area contributed by atoms with Crippen molar-refractivity contribution < 1.29 is 9.47 Å². The standard InChI is InChI=1S/C11H17NO2/c1-2-7-13-10-8-11(14-9-10)3-5-12-6-4-11/h1,10,12H,3-9H2. The smallest absolute Gasteiger partial charge is 0.107 e. The second kappa shape index (κ2) is 4.31. The molecule has 0 bridgehead atoms. The van der Waals surface area contributed by atoms with Crippen LogP contribution in [0.2, 0.25) is 0 Å². The normalized spacial score (nSPS) is 30.4. The van der Waals surface area contributed by atoms with E-state index in [0.717, 1.165) is 32.4 Å². The molecule has 0 aromatic rings. The molecule has 1 unspecified atom stereocenters. The molecule has 1 spiro atoms. The van der Waals surface area contributed by atoms with E-state index in [-0.39, 0.29) is 11.7 Å². The van der Waals surface area contributed by atoms with Crippen molar-refractivity contribution in [3.05, 3.63) is 0 Å². The zero-order valence-corrected chi connectivity index (χ0v) is 8.42. The molecule has 0 aromatic carbocycles. The SMILES string of the molecule is C#CCOC1COC2(CCNCC2)C1. The molecule has 2 fully saturated rings. The van der Waals surface area contributed by atoms with Gasteiger partial charge < -0.3 is 14.8 Å². The first kappa shape index (κ1) is 9.97. The summed E-state index contributed by atoms with van der Waals surface area (Å²) in [6.07, 6.45) is 8.57. The quantitative estimate of drug-likeness (QED) is 0.653. The van der Waals surface area contributed by atoms with Crippen LogP contribution in [0.5, 0.6) is 0 Å². The van der Waals surface area contributed by atoms with Crippen LogP contribution in [0, 0.1) is 12.3 Å². The lowest BCUT2D eigenvalue weighted by molar-refractivity contribution is -0.0224. The van der Waals surface area contributed by atoms with Gasteiger partial charge in [0.05, 0.1) is 18.3 Å². The Labute approximate surface area is 85.2 Å². The van der Waals surface area contributed by atoms with E-state index in [9.17, 15) is 0 Å². The third-order valence-electron chi connectivity index (χ3n) is 3.09. The van der Waals surface area contributed by atoms with Crippen molar-refractivity contribution in [2.45, 2.75) is 31.0 Å². The van der Waals surface area contributed by atoms with Gasteiger partial charge in [-0.1, -0.05) is 5.92 Å². The maximum absolute atomic E-state index is 5.86. The van der Waals surface area contributed by atoms with Crippen LogP contribution in [0.15, 0.2) is 0 Å². The minimum atomic E-state index is 0.0878. The molecule has 0 aromatic heterocycles. The third kappa shape index (κ3) is 2.09. The van der Waals surface area contributed by atoms with Crippen LogP contribution in [0.25, 0.3) is 0 Å². The molecule has 0 aliphatic carbocycles. The molecule has 2 aliphatic rings. The van der Waals surface area contributed by atoms with Gasteiger partial charge in [0.15, 0.2) is 0 Å². The molecule has 1 N–H and O–H groups in total. The van der Waals surface area contributed by atoms with Gasteiger partial charge in [0.1, 0.15) is 6.61 Å². The number of terminal acetylenes is 1. The van der Waals surface area contributed by atoms with E-state index in [1.165, 1.54) is 0 Å². The Morgan fingerprint density at radius 3 is 3.00 bits per heavy atom. The van der Waals surface area contributed by atoms with Gasteiger partial charge in [-0.25, -0.2) is 0 Å². The van der Waals surface area contributed by atoms with Gasteiger partial charge in [0.2, 0.25) is 0 Å². The average Bonchev–Trinajstić information content (AvgIpc) is 2.60. The summed E-state index contributed by atoms with van der Waals surface area (Å²) in [6, 6.07) is 0. The fourth-order valence-corrected chi connectivity index (χ4v) is 2.31. The molecular weight excluding hydrogens is 178 g/mol. The minimum Gasteiger partial charge on any atom is -0.372 e. The molecule has 2 saturated heterocycles. The summed E-state index contributed by atoms with van der Waals surface area (Å²) in [5.41, 5.74) is 0.0878. The minimum absolute atomic E-state index is 0.0878. The highest BCUT2D eigenvalue weighted by atomic mass is 16.6. The monoisotopic (exact) mass is 195 g/mol. The molecule has 3 nitrogen and oxygen atoms in total. The second-order valence-corrected chi connectivity index (χ2v) is 4.09. The second-order valence-electron chi connectivity index (χ2n) is 4.09. The van der Waals surface area contributed by atoms with Crippen LogP contribution in [0.1, 0.15) is 19.3 Å². The highest BCUT2D eigenvalue weighted by molar-refractivity contribution is 4.94. The van der Waals surface area contributed by atoms with Crippen molar-refractivity contribution in [3.63, 3.8) is 0 Å². The Kier molecular flexibility index (Phi) is 3.07. The molecule has 0 radical (unpaired) electrons. The van der Waals surface area contributed by atoms with Gasteiger partial charge >= 0.3 is 0 Å². The van der Waals surface area contributed by atoms with E-state index in [0.29, 0.717) is 13.2 Å². The zero-order chi connectivity index (χ0) is 9.86. The van der Waals surface area contributed by atoms with E-state index >= 15 is 0 Å². The largest absolute Gasteiger partial charge is 0.372 e. The van der Waals surface area contributed by atoms with Crippen LogP contribution in [0.4, 0.5) is 0 Å². The first-order valence-corrected chi connectivity index (χ1v) is 5.24. The highest BCUT2D eigenvalue weighted by Crippen LogP contribution is 2.34. The number of hydrogen-bond acceptors (Lipinski definition) is 3. The number of nitrogens with one attached hydrogen (secondary N) is 1. The maximum Gasteiger partial charge on any atom is 0.107 e. The van der Waals surface area contributed by atoms with Crippen molar-refractivity contribution in [2.24, 2.45) is 0 Å². The number of ether oxygens (including phenoxy) is 2. The van der Waals surface area contributed by atoms with E-state index in [4.69, 9.17) is 15.9 Å². The van der Waals surface area contributed by atoms with Crippen molar-refractivity contribution in [1.82, 2.24) is 5.32 Å². The molecule has 14 heavy (non-hydrogen) atoms. The lowest BCUT2D eigenvalue weighted by atomic mass is 9.89. The number of hydrogen-bond donors (Lipinski definition) is 1. The third-order valence-corrected chi connectivity index (χ3v) is 3.09. The van der Waals surface area contributed by atoms with E-state index in [2.05, 4.69) is 11.2 Å². The summed E-state index contributed by atoms with van der Waals surface area (Å²) < 4.78 is 11.4. The van der Waals surface area contributed by atoms with Crippen LogP contribution in [-0.4, -0.2) is 38.0 Å². The molecular formula is C11H17NO2. The van der Waals surface area contributed by atoms with E-state index in [1.807, 2.05) is 0 Å². The van der Waals surface area contributed by atoms with Gasteiger partial charge in [-0.2, -0.15) is 0 Å². The summed E-state index contributed by atoms with van der Waals surface area (Å²) in [5, 5.41) is 3.34. The Hall–Kier alpha value is -0.560. The average molecular weight is 195 g/mol. The fourth-order valence-electron chi connectivity index (χ4n) is 2.31. The van der Waals surface area contributed by atoms with Gasteiger partial charge in [-0.3, -0.25) is 0 Å². The molecule has 1 atom stereocenters. The maximum atomic E-state index is 5.86. The predicted molar refractivity (Wildman–Crippen MR) is 54.0 cm³/mol. The predicted octanol–water partition coefficient (Wildman–Crippen LogP) is 0.547. The molecule has 78 valence electrons. The van der Waals surface area contributed by atoms with Crippen molar-refractivity contribution >= 4 is 0 Å². The van der Waals surface area contributed by atoms with Crippen LogP contribution < -0.4 is 5.32 Å². The summed E-state index contributed by atoms with van der Waals surface area (Å²) >= 11 is 0. The lowest BCUT2D eigenvalue weighted by Gasteiger charge is -2.32. The van der Waals surface area contributed by atoms with Gasteiger partial charge in [0, 0.05) is 6.42 Å². The molecule has 0 saturated carbocycles. The molecule has 2 aliphatic heterocycles. The van der Waals surface area contributed by atoms with Gasteiger partial charge in [-0.15, -0.1) is 6.42 Å². The Balaban J connectivity index is 1.83. The molecule has 3 heteroatoms. The topological polar surface area (TPSA) is 30.5 Å². The summed E-state index contributed by atoms with van der Waals surface area (Å²) in [4.78, 5) is 0. The number of rotatable bonds is 2. The molecule has 0 amide bonds. The van der Waals surface area contributed by atoms with Crippen molar-refractivity contribution in [2.75, 3.05) is 26.3 Å². The Morgan fingerprint density at radius 2 is 2.29 bits per heavy atom. The van der Waals surface area contributed by atoms with E-state index in [1.54, 1.807) is 0 Å². The lowest BCUT2D eigenvalue weighted by Crippen LogP contribution is -2.41. The highest BCUT2D eigenvalue weighted by Gasteiger charge is 2.41. The summed E-state index contributed by atoms with van der Waals surface area (Å²) in [6.45, 7) is 3.23. The number of piperidine rings is 1. The van der Waals surface area contributed by atoms with Crippen molar-refractivity contribution in [3.8, 4) is 12.3 Å². The van der Waals surface area contributed by atoms with Gasteiger partial charge in [-0.05, 0) is 25.9 Å². The summed E-state index contributed by atoms with van der Waals surface area (Å²) in [7, 11) is 0. The molecule has 2 heterocycles. The van der Waals surface area contributed by atoms with Crippen LogP contribution >= 0.6 is 0 Å². The Bertz CT molecular complexity index is 228.